The number of aromatic nitrogens is 2. The molecule has 5 nitrogen and oxygen atoms in total. The number of allylic oxidation sites excluding steroid dienone is 1. The summed E-state index contributed by atoms with van der Waals surface area (Å²) >= 11 is 6.39. The second kappa shape index (κ2) is 6.25. The Kier molecular flexibility index (Phi) is 3.90. The molecule has 0 aliphatic carbocycles. The monoisotopic (exact) mass is 363 g/mol. The minimum atomic E-state index is -0.546. The van der Waals surface area contributed by atoms with Crippen LogP contribution in [0.3, 0.4) is 0 Å². The number of hydrogen-bond donors (Lipinski definition) is 1. The van der Waals surface area contributed by atoms with Crippen LogP contribution in [0.15, 0.2) is 66.1 Å². The molecule has 2 aromatic carbocycles. The first kappa shape index (κ1) is 16.2. The van der Waals surface area contributed by atoms with Gasteiger partial charge in [-0.2, -0.15) is 10.4 Å². The maximum absolute atomic E-state index is 10.4. The number of hydrogen-bond acceptors (Lipinski definition) is 4. The van der Waals surface area contributed by atoms with Crippen LogP contribution >= 0.6 is 11.6 Å². The zero-order valence-corrected chi connectivity index (χ0v) is 14.6. The van der Waals surface area contributed by atoms with E-state index in [2.05, 4.69) is 11.2 Å². The molecule has 0 radical (unpaired) electrons. The second-order valence-corrected chi connectivity index (χ2v) is 6.35. The molecule has 128 valence electrons. The van der Waals surface area contributed by atoms with Gasteiger partial charge in [-0.15, -0.1) is 0 Å². The van der Waals surface area contributed by atoms with Crippen molar-refractivity contribution in [3.05, 3.63) is 88.0 Å². The predicted molar refractivity (Wildman–Crippen MR) is 97.5 cm³/mol. The maximum atomic E-state index is 10.4. The Bertz CT molecular complexity index is 1060. The highest BCUT2D eigenvalue weighted by molar-refractivity contribution is 6.31. The minimum absolute atomic E-state index is 0.112. The number of nitrogens with zero attached hydrogens (tertiary/aromatic N) is 3. The zero-order chi connectivity index (χ0) is 18.3. The molecule has 1 aliphatic heterocycles. The highest BCUT2D eigenvalue weighted by Gasteiger charge is 2.37. The molecule has 0 unspecified atom stereocenters. The van der Waals surface area contributed by atoms with E-state index in [-0.39, 0.29) is 5.57 Å². The van der Waals surface area contributed by atoms with E-state index in [1.807, 2.05) is 55.5 Å². The molecule has 0 amide bonds. The first-order chi connectivity index (χ1) is 12.6. The van der Waals surface area contributed by atoms with Crippen molar-refractivity contribution in [1.82, 2.24) is 9.78 Å². The van der Waals surface area contributed by atoms with Crippen molar-refractivity contribution in [2.75, 3.05) is 0 Å². The van der Waals surface area contributed by atoms with Crippen LogP contribution in [0.25, 0.3) is 5.69 Å². The number of aliphatic hydroxyl groups excluding tert-OH is 1. The first-order valence-electron chi connectivity index (χ1n) is 8.02. The quantitative estimate of drug-likeness (QED) is 0.719. The average Bonchev–Trinajstić information content (AvgIpc) is 2.98. The molecule has 0 saturated carbocycles. The SMILES string of the molecule is Cc1nn(-c2ccccc2)c2c1[C@H](c1ccccc1Cl)C(C#N)=C(O)O2. The number of aliphatic hydroxyl groups is 1. The largest absolute Gasteiger partial charge is 0.480 e. The van der Waals surface area contributed by atoms with Gasteiger partial charge in [0.25, 0.3) is 5.95 Å². The van der Waals surface area contributed by atoms with Gasteiger partial charge in [0.1, 0.15) is 11.6 Å². The molecule has 4 rings (SSSR count). The molecule has 1 aliphatic rings. The average molecular weight is 364 g/mol. The third-order valence-corrected chi connectivity index (χ3v) is 4.75. The van der Waals surface area contributed by atoms with Crippen LogP contribution in [0.5, 0.6) is 5.88 Å². The summed E-state index contributed by atoms with van der Waals surface area (Å²) in [6.07, 6.45) is 0. The summed E-state index contributed by atoms with van der Waals surface area (Å²) < 4.78 is 7.23. The lowest BCUT2D eigenvalue weighted by molar-refractivity contribution is 0.185. The molecular weight excluding hydrogens is 350 g/mol. The predicted octanol–water partition coefficient (Wildman–Crippen LogP) is 4.65. The van der Waals surface area contributed by atoms with Gasteiger partial charge >= 0.3 is 0 Å². The molecule has 6 heteroatoms. The molecule has 1 aromatic heterocycles. The first-order valence-corrected chi connectivity index (χ1v) is 8.40. The molecule has 3 aromatic rings. The van der Waals surface area contributed by atoms with Crippen LogP contribution in [-0.4, -0.2) is 14.9 Å². The van der Waals surface area contributed by atoms with Crippen LogP contribution in [0, 0.1) is 18.3 Å². The third-order valence-electron chi connectivity index (χ3n) is 4.40. The summed E-state index contributed by atoms with van der Waals surface area (Å²) in [4.78, 5) is 0. The Hall–Kier alpha value is -3.23. The molecule has 1 N–H and O–H groups in total. The van der Waals surface area contributed by atoms with Crippen LogP contribution in [0.2, 0.25) is 5.02 Å². The molecule has 0 saturated heterocycles. The van der Waals surface area contributed by atoms with Crippen molar-refractivity contribution >= 4 is 11.6 Å². The number of aryl methyl sites for hydroxylation is 1. The van der Waals surface area contributed by atoms with Crippen molar-refractivity contribution < 1.29 is 9.84 Å². The van der Waals surface area contributed by atoms with Gasteiger partial charge in [0.15, 0.2) is 0 Å². The lowest BCUT2D eigenvalue weighted by Crippen LogP contribution is -2.17. The van der Waals surface area contributed by atoms with Crippen LogP contribution in [0.1, 0.15) is 22.7 Å². The number of halogens is 1. The van der Waals surface area contributed by atoms with Gasteiger partial charge in [0.05, 0.1) is 22.9 Å². The summed E-state index contributed by atoms with van der Waals surface area (Å²) in [6.45, 7) is 1.85. The van der Waals surface area contributed by atoms with Crippen LogP contribution in [-0.2, 0) is 0 Å². The van der Waals surface area contributed by atoms with E-state index in [1.165, 1.54) is 0 Å². The van der Waals surface area contributed by atoms with Gasteiger partial charge in [0.2, 0.25) is 5.88 Å². The Morgan fingerprint density at radius 2 is 1.85 bits per heavy atom. The summed E-state index contributed by atoms with van der Waals surface area (Å²) in [5.41, 5.74) is 3.05. The van der Waals surface area contributed by atoms with E-state index in [0.717, 1.165) is 16.8 Å². The summed E-state index contributed by atoms with van der Waals surface area (Å²) in [7, 11) is 0. The molecule has 0 spiro atoms. The third kappa shape index (κ3) is 2.43. The Balaban J connectivity index is 1.99. The van der Waals surface area contributed by atoms with Crippen molar-refractivity contribution in [2.45, 2.75) is 12.8 Å². The lowest BCUT2D eigenvalue weighted by Gasteiger charge is -2.24. The molecule has 0 bridgehead atoms. The number of fused-ring (bicyclic) bond motifs is 1. The van der Waals surface area contributed by atoms with Crippen molar-refractivity contribution in [3.8, 4) is 17.6 Å². The summed E-state index contributed by atoms with van der Waals surface area (Å²) in [5.74, 6) is -0.591. The van der Waals surface area contributed by atoms with E-state index >= 15 is 0 Å². The van der Waals surface area contributed by atoms with Gasteiger partial charge in [0, 0.05) is 5.02 Å². The van der Waals surface area contributed by atoms with E-state index in [4.69, 9.17) is 16.3 Å². The fourth-order valence-corrected chi connectivity index (χ4v) is 3.48. The van der Waals surface area contributed by atoms with Gasteiger partial charge in [-0.05, 0) is 30.7 Å². The van der Waals surface area contributed by atoms with Crippen molar-refractivity contribution in [1.29, 1.82) is 5.26 Å². The fourth-order valence-electron chi connectivity index (χ4n) is 3.24. The van der Waals surface area contributed by atoms with Gasteiger partial charge in [-0.3, -0.25) is 0 Å². The number of nitriles is 1. The van der Waals surface area contributed by atoms with Crippen molar-refractivity contribution in [2.24, 2.45) is 0 Å². The van der Waals surface area contributed by atoms with E-state index in [9.17, 15) is 10.4 Å². The van der Waals surface area contributed by atoms with Crippen LogP contribution in [0.4, 0.5) is 0 Å². The smallest absolute Gasteiger partial charge is 0.298 e. The zero-order valence-electron chi connectivity index (χ0n) is 13.8. The Morgan fingerprint density at radius 1 is 1.15 bits per heavy atom. The van der Waals surface area contributed by atoms with Crippen LogP contribution < -0.4 is 4.74 Å². The number of para-hydroxylation sites is 1. The lowest BCUT2D eigenvalue weighted by atomic mass is 9.84. The highest BCUT2D eigenvalue weighted by atomic mass is 35.5. The number of benzene rings is 2. The molecular formula is C20H14ClN3O2. The van der Waals surface area contributed by atoms with Gasteiger partial charge in [-0.1, -0.05) is 48.0 Å². The van der Waals surface area contributed by atoms with Gasteiger partial charge in [-0.25, -0.2) is 4.68 Å². The summed E-state index contributed by atoms with van der Waals surface area (Å²) in [6, 6.07) is 18.8. The standard InChI is InChI=1S/C20H14ClN3O2/c1-12-17-18(14-9-5-6-10-16(14)21)15(11-22)20(25)26-19(17)24(23-12)13-7-3-2-4-8-13/h2-10,18,25H,1H3/t18-/m1/s1. The van der Waals surface area contributed by atoms with Gasteiger partial charge < -0.3 is 9.84 Å². The maximum Gasteiger partial charge on any atom is 0.298 e. The Labute approximate surface area is 155 Å². The molecule has 1 atom stereocenters. The molecule has 2 heterocycles. The normalized spacial score (nSPS) is 16.0. The highest BCUT2D eigenvalue weighted by Crippen LogP contribution is 2.46. The van der Waals surface area contributed by atoms with E-state index < -0.39 is 11.9 Å². The fraction of sp³-hybridized carbons (Fsp3) is 0.100. The topological polar surface area (TPSA) is 71.1 Å². The van der Waals surface area contributed by atoms with E-state index in [1.54, 1.807) is 10.7 Å². The second-order valence-electron chi connectivity index (χ2n) is 5.94. The Morgan fingerprint density at radius 3 is 2.54 bits per heavy atom. The minimum Gasteiger partial charge on any atom is -0.480 e. The molecule has 26 heavy (non-hydrogen) atoms. The number of ether oxygens (including phenoxy) is 1. The van der Waals surface area contributed by atoms with E-state index in [0.29, 0.717) is 16.6 Å². The summed E-state index contributed by atoms with van der Waals surface area (Å²) in [5, 5.41) is 25.1. The molecule has 0 fully saturated rings. The van der Waals surface area contributed by atoms with Crippen molar-refractivity contribution in [3.63, 3.8) is 0 Å². The number of rotatable bonds is 2.